The number of β-amino-alcohol motifs (C(OH)–C–C–N with tert-alkyl or cyclic N) is 1. The van der Waals surface area contributed by atoms with E-state index in [1.165, 1.54) is 11.2 Å². The van der Waals surface area contributed by atoms with Crippen molar-refractivity contribution in [3.05, 3.63) is 0 Å². The second kappa shape index (κ2) is 6.82. The van der Waals surface area contributed by atoms with Crippen LogP contribution in [0.4, 0.5) is 0 Å². The van der Waals surface area contributed by atoms with E-state index >= 15 is 0 Å². The highest BCUT2D eigenvalue weighted by molar-refractivity contribution is 7.89. The van der Waals surface area contributed by atoms with Gasteiger partial charge in [-0.15, -0.1) is 0 Å². The van der Waals surface area contributed by atoms with Gasteiger partial charge in [0.25, 0.3) is 0 Å². The SMILES string of the molecule is CCS(=O)(=O)N1CCC(O)(CN2CCC(NC(C)=O)CC2)C1. The highest BCUT2D eigenvalue weighted by Crippen LogP contribution is 2.26. The minimum atomic E-state index is -3.22. The quantitative estimate of drug-likeness (QED) is 0.699. The maximum absolute atomic E-state index is 11.9. The summed E-state index contributed by atoms with van der Waals surface area (Å²) in [6.45, 7) is 5.86. The van der Waals surface area contributed by atoms with Crippen molar-refractivity contribution in [2.45, 2.75) is 44.8 Å². The highest BCUT2D eigenvalue weighted by Gasteiger charge is 2.42. The van der Waals surface area contributed by atoms with Crippen molar-refractivity contribution < 1.29 is 18.3 Å². The monoisotopic (exact) mass is 333 g/mol. The molecule has 2 aliphatic rings. The fraction of sp³-hybridized carbons (Fsp3) is 0.929. The standard InChI is InChI=1S/C14H27N3O4S/c1-3-22(20,21)17-9-6-14(19,11-17)10-16-7-4-13(5-8-16)15-12(2)18/h13,19H,3-11H2,1-2H3,(H,15,18). The molecule has 1 amide bonds. The Morgan fingerprint density at radius 1 is 1.32 bits per heavy atom. The van der Waals surface area contributed by atoms with Crippen LogP contribution >= 0.6 is 0 Å². The van der Waals surface area contributed by atoms with Gasteiger partial charge < -0.3 is 15.3 Å². The lowest BCUT2D eigenvalue weighted by atomic mass is 9.99. The average molecular weight is 333 g/mol. The molecule has 0 aromatic rings. The number of carbonyl (C=O) groups excluding carboxylic acids is 1. The average Bonchev–Trinajstić information content (AvgIpc) is 2.83. The number of aliphatic hydroxyl groups is 1. The van der Waals surface area contributed by atoms with Crippen LogP contribution in [0, 0.1) is 0 Å². The maximum atomic E-state index is 11.9. The lowest BCUT2D eigenvalue weighted by molar-refractivity contribution is -0.120. The predicted octanol–water partition coefficient (Wildman–Crippen LogP) is -0.627. The first-order valence-corrected chi connectivity index (χ1v) is 9.55. The molecule has 1 unspecified atom stereocenters. The van der Waals surface area contributed by atoms with Crippen LogP contribution in [0.3, 0.4) is 0 Å². The summed E-state index contributed by atoms with van der Waals surface area (Å²) >= 11 is 0. The molecule has 0 aliphatic carbocycles. The lowest BCUT2D eigenvalue weighted by Crippen LogP contribution is -2.50. The van der Waals surface area contributed by atoms with Crippen molar-refractivity contribution in [3.8, 4) is 0 Å². The van der Waals surface area contributed by atoms with Crippen LogP contribution in [0.2, 0.25) is 0 Å². The molecule has 0 saturated carbocycles. The minimum absolute atomic E-state index is 0.00622. The number of amides is 1. The summed E-state index contributed by atoms with van der Waals surface area (Å²) in [5.41, 5.74) is -0.955. The Morgan fingerprint density at radius 3 is 2.50 bits per heavy atom. The largest absolute Gasteiger partial charge is 0.387 e. The molecule has 1 atom stereocenters. The van der Waals surface area contributed by atoms with Crippen LogP contribution in [0.5, 0.6) is 0 Å². The molecule has 0 spiro atoms. The number of carbonyl (C=O) groups is 1. The zero-order valence-corrected chi connectivity index (χ0v) is 14.2. The number of hydrogen-bond acceptors (Lipinski definition) is 5. The van der Waals surface area contributed by atoms with E-state index in [2.05, 4.69) is 10.2 Å². The molecular formula is C14H27N3O4S. The third-order valence-corrected chi connectivity index (χ3v) is 6.40. The third kappa shape index (κ3) is 4.41. The van der Waals surface area contributed by atoms with Crippen molar-refractivity contribution in [3.63, 3.8) is 0 Å². The summed E-state index contributed by atoms with van der Waals surface area (Å²) in [7, 11) is -3.22. The molecule has 2 heterocycles. The van der Waals surface area contributed by atoms with E-state index in [-0.39, 0.29) is 24.2 Å². The van der Waals surface area contributed by atoms with Crippen molar-refractivity contribution in [2.75, 3.05) is 38.5 Å². The minimum Gasteiger partial charge on any atom is -0.387 e. The summed E-state index contributed by atoms with van der Waals surface area (Å²) in [6.07, 6.45) is 2.22. The molecule has 2 saturated heterocycles. The molecule has 0 aromatic heterocycles. The Kier molecular flexibility index (Phi) is 5.47. The molecule has 7 nitrogen and oxygen atoms in total. The van der Waals surface area contributed by atoms with Gasteiger partial charge >= 0.3 is 0 Å². The van der Waals surface area contributed by atoms with Crippen LogP contribution in [0.15, 0.2) is 0 Å². The Labute approximate surface area is 132 Å². The molecule has 22 heavy (non-hydrogen) atoms. The van der Waals surface area contributed by atoms with E-state index in [4.69, 9.17) is 0 Å². The first kappa shape index (κ1) is 17.7. The fourth-order valence-corrected chi connectivity index (χ4v) is 4.48. The molecule has 0 radical (unpaired) electrons. The number of nitrogens with one attached hydrogen (secondary N) is 1. The van der Waals surface area contributed by atoms with Gasteiger partial charge in [0.15, 0.2) is 0 Å². The molecule has 0 aromatic carbocycles. The zero-order chi connectivity index (χ0) is 16.4. The van der Waals surface area contributed by atoms with E-state index in [0.717, 1.165) is 25.9 Å². The first-order valence-electron chi connectivity index (χ1n) is 7.94. The Hall–Kier alpha value is -0.700. The van der Waals surface area contributed by atoms with Gasteiger partial charge in [-0.2, -0.15) is 4.31 Å². The number of hydrogen-bond donors (Lipinski definition) is 2. The van der Waals surface area contributed by atoms with Crippen LogP contribution < -0.4 is 5.32 Å². The molecule has 2 N–H and O–H groups in total. The summed E-state index contributed by atoms with van der Waals surface area (Å²) in [6, 6.07) is 0.212. The predicted molar refractivity (Wildman–Crippen MR) is 83.9 cm³/mol. The second-order valence-electron chi connectivity index (χ2n) is 6.46. The van der Waals surface area contributed by atoms with Crippen LogP contribution in [0.25, 0.3) is 0 Å². The van der Waals surface area contributed by atoms with Gasteiger partial charge in [0.1, 0.15) is 0 Å². The first-order chi connectivity index (χ1) is 10.2. The highest BCUT2D eigenvalue weighted by atomic mass is 32.2. The van der Waals surface area contributed by atoms with Crippen molar-refractivity contribution >= 4 is 15.9 Å². The number of likely N-dealkylation sites (tertiary alicyclic amines) is 1. The zero-order valence-electron chi connectivity index (χ0n) is 13.4. The summed E-state index contributed by atoms with van der Waals surface area (Å²) < 4.78 is 25.2. The number of rotatable bonds is 5. The van der Waals surface area contributed by atoms with E-state index < -0.39 is 15.6 Å². The van der Waals surface area contributed by atoms with Crippen LogP contribution in [-0.4, -0.2) is 78.8 Å². The lowest BCUT2D eigenvalue weighted by Gasteiger charge is -2.36. The topological polar surface area (TPSA) is 89.9 Å². The van der Waals surface area contributed by atoms with Gasteiger partial charge in [0.2, 0.25) is 15.9 Å². The third-order valence-electron chi connectivity index (χ3n) is 4.57. The smallest absolute Gasteiger partial charge is 0.217 e. The van der Waals surface area contributed by atoms with E-state index in [0.29, 0.717) is 19.5 Å². The number of nitrogens with zero attached hydrogens (tertiary/aromatic N) is 2. The van der Waals surface area contributed by atoms with Crippen molar-refractivity contribution in [1.82, 2.24) is 14.5 Å². The summed E-state index contributed by atoms with van der Waals surface area (Å²) in [5, 5.41) is 13.6. The van der Waals surface area contributed by atoms with Crippen molar-refractivity contribution in [2.24, 2.45) is 0 Å². The fourth-order valence-electron chi connectivity index (χ4n) is 3.31. The number of sulfonamides is 1. The summed E-state index contributed by atoms with van der Waals surface area (Å²) in [5.74, 6) is 0.0684. The van der Waals surface area contributed by atoms with Crippen LogP contribution in [0.1, 0.15) is 33.1 Å². The Bertz CT molecular complexity index is 502. The summed E-state index contributed by atoms with van der Waals surface area (Å²) in [4.78, 5) is 13.2. The Morgan fingerprint density at radius 2 is 1.95 bits per heavy atom. The van der Waals surface area contributed by atoms with Crippen LogP contribution in [-0.2, 0) is 14.8 Å². The maximum Gasteiger partial charge on any atom is 0.217 e. The molecular weight excluding hydrogens is 306 g/mol. The van der Waals surface area contributed by atoms with E-state index in [9.17, 15) is 18.3 Å². The van der Waals surface area contributed by atoms with Gasteiger partial charge in [0.05, 0.1) is 11.4 Å². The molecule has 2 fully saturated rings. The van der Waals surface area contributed by atoms with E-state index in [1.807, 2.05) is 0 Å². The van der Waals surface area contributed by atoms with Gasteiger partial charge in [-0.05, 0) is 26.2 Å². The molecule has 128 valence electrons. The van der Waals surface area contributed by atoms with Gasteiger partial charge in [0, 0.05) is 45.7 Å². The van der Waals surface area contributed by atoms with Gasteiger partial charge in [-0.3, -0.25) is 4.79 Å². The van der Waals surface area contributed by atoms with E-state index in [1.54, 1.807) is 6.92 Å². The normalized spacial score (nSPS) is 28.9. The number of piperidine rings is 1. The molecule has 2 rings (SSSR count). The second-order valence-corrected chi connectivity index (χ2v) is 8.72. The Balaban J connectivity index is 1.83. The van der Waals surface area contributed by atoms with Gasteiger partial charge in [-0.1, -0.05) is 0 Å². The molecule has 0 bridgehead atoms. The van der Waals surface area contributed by atoms with Gasteiger partial charge in [-0.25, -0.2) is 8.42 Å². The molecule has 8 heteroatoms. The molecule has 2 aliphatic heterocycles. The van der Waals surface area contributed by atoms with Crippen molar-refractivity contribution in [1.29, 1.82) is 0 Å².